The normalized spacial score (nSPS) is 16.3. The molecule has 2 N–H and O–H groups in total. The summed E-state index contributed by atoms with van der Waals surface area (Å²) in [6.07, 6.45) is 1.32. The smallest absolute Gasteiger partial charge is 0.339 e. The molecule has 2 aromatic carbocycles. The van der Waals surface area contributed by atoms with Crippen molar-refractivity contribution in [3.8, 4) is 0 Å². The summed E-state index contributed by atoms with van der Waals surface area (Å²) in [5.41, 5.74) is 2.62. The van der Waals surface area contributed by atoms with Crippen LogP contribution in [-0.2, 0) is 14.3 Å². The van der Waals surface area contributed by atoms with Gasteiger partial charge in [-0.3, -0.25) is 4.79 Å². The summed E-state index contributed by atoms with van der Waals surface area (Å²) >= 11 is 0. The van der Waals surface area contributed by atoms with E-state index < -0.39 is 5.97 Å². The predicted octanol–water partition coefficient (Wildman–Crippen LogP) is 3.33. The second-order valence-electron chi connectivity index (χ2n) is 5.73. The summed E-state index contributed by atoms with van der Waals surface area (Å²) in [6, 6.07) is 14.4. The number of hydrogen-bond donors (Lipinski definition) is 2. The lowest BCUT2D eigenvalue weighted by molar-refractivity contribution is -0.124. The number of rotatable bonds is 5. The van der Waals surface area contributed by atoms with Gasteiger partial charge in [0.1, 0.15) is 6.10 Å². The van der Waals surface area contributed by atoms with Crippen LogP contribution in [0.1, 0.15) is 23.2 Å². The number of benzene rings is 2. The lowest BCUT2D eigenvalue weighted by Crippen LogP contribution is -2.26. The van der Waals surface area contributed by atoms with E-state index in [9.17, 15) is 9.59 Å². The van der Waals surface area contributed by atoms with Gasteiger partial charge in [0.25, 0.3) is 5.91 Å². The number of hydrogen-bond acceptors (Lipinski definition) is 5. The first-order chi connectivity index (χ1) is 12.2. The minimum Gasteiger partial charge on any atom is -0.465 e. The summed E-state index contributed by atoms with van der Waals surface area (Å²) in [5, 5.41) is 6.03. The van der Waals surface area contributed by atoms with E-state index in [4.69, 9.17) is 9.47 Å². The SMILES string of the molecule is COC(=O)c1ccccc1Nc1ccc(NC(=O)C2CCCO2)cc1. The summed E-state index contributed by atoms with van der Waals surface area (Å²) < 4.78 is 10.2. The zero-order valence-corrected chi connectivity index (χ0v) is 14.0. The molecule has 6 heteroatoms. The number of para-hydroxylation sites is 1. The number of carbonyl (C=O) groups is 2. The lowest BCUT2D eigenvalue weighted by atomic mass is 10.1. The minimum absolute atomic E-state index is 0.116. The number of esters is 1. The molecule has 0 bridgehead atoms. The Balaban J connectivity index is 1.67. The van der Waals surface area contributed by atoms with Gasteiger partial charge in [0.05, 0.1) is 18.4 Å². The first kappa shape index (κ1) is 17.0. The van der Waals surface area contributed by atoms with Crippen molar-refractivity contribution in [2.24, 2.45) is 0 Å². The maximum atomic E-state index is 12.0. The Hall–Kier alpha value is -2.86. The highest BCUT2D eigenvalue weighted by Gasteiger charge is 2.23. The highest BCUT2D eigenvalue weighted by molar-refractivity contribution is 5.97. The van der Waals surface area contributed by atoms with Gasteiger partial charge in [-0.1, -0.05) is 12.1 Å². The molecule has 0 radical (unpaired) electrons. The molecule has 130 valence electrons. The number of anilines is 3. The molecule has 1 heterocycles. The van der Waals surface area contributed by atoms with Crippen LogP contribution in [0.3, 0.4) is 0 Å². The molecule has 3 rings (SSSR count). The topological polar surface area (TPSA) is 76.7 Å². The average molecular weight is 340 g/mol. The summed E-state index contributed by atoms with van der Waals surface area (Å²) in [5.74, 6) is -0.516. The molecule has 2 aromatic rings. The van der Waals surface area contributed by atoms with Crippen molar-refractivity contribution in [2.75, 3.05) is 24.4 Å². The van der Waals surface area contributed by atoms with Crippen LogP contribution < -0.4 is 10.6 Å². The number of ether oxygens (including phenoxy) is 2. The molecule has 6 nitrogen and oxygen atoms in total. The van der Waals surface area contributed by atoms with Crippen LogP contribution in [0.5, 0.6) is 0 Å². The van der Waals surface area contributed by atoms with Crippen LogP contribution in [0.15, 0.2) is 48.5 Å². The molecule has 1 unspecified atom stereocenters. The van der Waals surface area contributed by atoms with E-state index >= 15 is 0 Å². The Bertz CT molecular complexity index is 752. The van der Waals surface area contributed by atoms with Crippen molar-refractivity contribution >= 4 is 28.9 Å². The van der Waals surface area contributed by atoms with E-state index in [0.29, 0.717) is 23.5 Å². The molecule has 25 heavy (non-hydrogen) atoms. The molecular formula is C19H20N2O4. The first-order valence-corrected chi connectivity index (χ1v) is 8.14. The molecule has 1 amide bonds. The Kier molecular flexibility index (Phi) is 5.30. The van der Waals surface area contributed by atoms with Crippen molar-refractivity contribution in [1.29, 1.82) is 0 Å². The molecule has 1 saturated heterocycles. The molecule has 0 aromatic heterocycles. The molecule has 1 fully saturated rings. The number of amides is 1. The molecule has 0 aliphatic carbocycles. The number of carbonyl (C=O) groups excluding carboxylic acids is 2. The Morgan fingerprint density at radius 3 is 2.48 bits per heavy atom. The van der Waals surface area contributed by atoms with Crippen LogP contribution in [0, 0.1) is 0 Å². The zero-order valence-electron chi connectivity index (χ0n) is 14.0. The summed E-state index contributed by atoms with van der Waals surface area (Å²) in [6.45, 7) is 0.639. The monoisotopic (exact) mass is 340 g/mol. The molecule has 1 atom stereocenters. The van der Waals surface area contributed by atoms with Gasteiger partial charge >= 0.3 is 5.97 Å². The second-order valence-corrected chi connectivity index (χ2v) is 5.73. The van der Waals surface area contributed by atoms with Crippen molar-refractivity contribution in [3.63, 3.8) is 0 Å². The predicted molar refractivity (Wildman–Crippen MR) is 95.1 cm³/mol. The van der Waals surface area contributed by atoms with Crippen LogP contribution >= 0.6 is 0 Å². The van der Waals surface area contributed by atoms with E-state index in [1.807, 2.05) is 18.2 Å². The third-order valence-electron chi connectivity index (χ3n) is 3.99. The third-order valence-corrected chi connectivity index (χ3v) is 3.99. The molecule has 0 saturated carbocycles. The third kappa shape index (κ3) is 4.16. The molecule has 1 aliphatic heterocycles. The van der Waals surface area contributed by atoms with Crippen LogP contribution in [-0.4, -0.2) is 31.7 Å². The van der Waals surface area contributed by atoms with E-state index in [-0.39, 0.29) is 12.0 Å². The van der Waals surface area contributed by atoms with Crippen molar-refractivity contribution in [2.45, 2.75) is 18.9 Å². The van der Waals surface area contributed by atoms with Gasteiger partial charge in [0, 0.05) is 18.0 Å². The van der Waals surface area contributed by atoms with Gasteiger partial charge in [0.2, 0.25) is 0 Å². The quantitative estimate of drug-likeness (QED) is 0.817. The molecular weight excluding hydrogens is 320 g/mol. The lowest BCUT2D eigenvalue weighted by Gasteiger charge is -2.13. The van der Waals surface area contributed by atoms with Gasteiger partial charge in [-0.25, -0.2) is 4.79 Å². The largest absolute Gasteiger partial charge is 0.465 e. The minimum atomic E-state index is -0.399. The molecule has 1 aliphatic rings. The first-order valence-electron chi connectivity index (χ1n) is 8.14. The Morgan fingerprint density at radius 2 is 1.80 bits per heavy atom. The number of methoxy groups -OCH3 is 1. The fourth-order valence-electron chi connectivity index (χ4n) is 2.68. The number of nitrogens with one attached hydrogen (secondary N) is 2. The van der Waals surface area contributed by atoms with Gasteiger partial charge in [-0.15, -0.1) is 0 Å². The maximum Gasteiger partial charge on any atom is 0.339 e. The highest BCUT2D eigenvalue weighted by atomic mass is 16.5. The van der Waals surface area contributed by atoms with Gasteiger partial charge in [-0.2, -0.15) is 0 Å². The Morgan fingerprint density at radius 1 is 1.08 bits per heavy atom. The van der Waals surface area contributed by atoms with E-state index in [1.54, 1.807) is 30.3 Å². The van der Waals surface area contributed by atoms with Crippen molar-refractivity contribution in [3.05, 3.63) is 54.1 Å². The van der Waals surface area contributed by atoms with Crippen LogP contribution in [0.2, 0.25) is 0 Å². The molecule has 0 spiro atoms. The van der Waals surface area contributed by atoms with Crippen molar-refractivity contribution < 1.29 is 19.1 Å². The zero-order chi connectivity index (χ0) is 17.6. The van der Waals surface area contributed by atoms with Gasteiger partial charge < -0.3 is 20.1 Å². The van der Waals surface area contributed by atoms with Gasteiger partial charge in [0.15, 0.2) is 0 Å². The second kappa shape index (κ2) is 7.81. The highest BCUT2D eigenvalue weighted by Crippen LogP contribution is 2.23. The Labute approximate surface area is 146 Å². The average Bonchev–Trinajstić information content (AvgIpc) is 3.18. The van der Waals surface area contributed by atoms with Crippen molar-refractivity contribution in [1.82, 2.24) is 0 Å². The summed E-state index contributed by atoms with van der Waals surface area (Å²) in [7, 11) is 1.35. The van der Waals surface area contributed by atoms with E-state index in [0.717, 1.165) is 18.5 Å². The fourth-order valence-corrected chi connectivity index (χ4v) is 2.68. The maximum absolute atomic E-state index is 12.0. The van der Waals surface area contributed by atoms with Gasteiger partial charge in [-0.05, 0) is 49.2 Å². The summed E-state index contributed by atoms with van der Waals surface area (Å²) in [4.78, 5) is 23.8. The van der Waals surface area contributed by atoms with Crippen LogP contribution in [0.25, 0.3) is 0 Å². The van der Waals surface area contributed by atoms with E-state index in [1.165, 1.54) is 7.11 Å². The standard InChI is InChI=1S/C19H20N2O4/c1-24-19(23)15-5-2-3-6-16(15)20-13-8-10-14(11-9-13)21-18(22)17-7-4-12-25-17/h2-3,5-6,8-11,17,20H,4,7,12H2,1H3,(H,21,22). The fraction of sp³-hybridized carbons (Fsp3) is 0.263. The van der Waals surface area contributed by atoms with Crippen LogP contribution in [0.4, 0.5) is 17.1 Å². The van der Waals surface area contributed by atoms with E-state index in [2.05, 4.69) is 10.6 Å².